The van der Waals surface area contributed by atoms with Crippen LogP contribution >= 0.6 is 0 Å². The fourth-order valence-electron chi connectivity index (χ4n) is 2.51. The van der Waals surface area contributed by atoms with E-state index in [1.165, 1.54) is 19.1 Å². The van der Waals surface area contributed by atoms with Crippen LogP contribution in [0.25, 0.3) is 0 Å². The monoisotopic (exact) mass is 395 g/mol. The smallest absolute Gasteiger partial charge is 0.426 e. The second kappa shape index (κ2) is 6.73. The van der Waals surface area contributed by atoms with Crippen molar-refractivity contribution in [2.45, 2.75) is 58.0 Å². The highest BCUT2D eigenvalue weighted by Crippen LogP contribution is 2.32. The third kappa shape index (κ3) is 4.67. The van der Waals surface area contributed by atoms with E-state index in [2.05, 4.69) is 0 Å². The summed E-state index contributed by atoms with van der Waals surface area (Å²) in [5.74, 6) is 0. The molecule has 6 nitrogen and oxygen atoms in total. The van der Waals surface area contributed by atoms with E-state index >= 15 is 0 Å². The van der Waals surface area contributed by atoms with Gasteiger partial charge in [0.05, 0.1) is 17.7 Å². The summed E-state index contributed by atoms with van der Waals surface area (Å²) < 4.78 is 72.7. The van der Waals surface area contributed by atoms with E-state index in [9.17, 15) is 26.4 Å². The summed E-state index contributed by atoms with van der Waals surface area (Å²) in [5, 5.41) is 0. The van der Waals surface area contributed by atoms with Crippen molar-refractivity contribution in [2.24, 2.45) is 0 Å². The second-order valence-corrected chi connectivity index (χ2v) is 8.44. The van der Waals surface area contributed by atoms with Gasteiger partial charge in [-0.3, -0.25) is 0 Å². The first kappa shape index (κ1) is 20.5. The predicted molar refractivity (Wildman–Crippen MR) is 86.5 cm³/mol. The molecule has 0 saturated carbocycles. The topological polar surface area (TPSA) is 72.9 Å². The van der Waals surface area contributed by atoms with Crippen LogP contribution in [0.5, 0.6) is 0 Å². The third-order valence-corrected chi connectivity index (χ3v) is 5.11. The summed E-state index contributed by atoms with van der Waals surface area (Å²) in [6.45, 7) is 6.23. The molecule has 2 rings (SSSR count). The number of benzene rings is 1. The van der Waals surface area contributed by atoms with Gasteiger partial charge < -0.3 is 4.74 Å². The Hall–Kier alpha value is -1.81. The molecule has 1 aliphatic heterocycles. The van der Waals surface area contributed by atoms with Crippen LogP contribution in [-0.2, 0) is 31.8 Å². The molecule has 0 aliphatic carbocycles. The number of hydrogen-bond acceptors (Lipinski definition) is 5. The minimum atomic E-state index is -4.46. The Kier molecular flexibility index (Phi) is 5.31. The SMILES string of the molecule is C[C@@H]1OS(=O)(=O)N(C(=O)OC(C)(C)C)[C@H]1Cc1ccc(C(F)(F)F)cc1. The molecule has 1 saturated heterocycles. The lowest BCUT2D eigenvalue weighted by atomic mass is 10.0. The van der Waals surface area contributed by atoms with E-state index in [1.54, 1.807) is 20.8 Å². The number of hydrogen-bond donors (Lipinski definition) is 0. The zero-order valence-electron chi connectivity index (χ0n) is 14.7. The molecule has 1 aliphatic rings. The predicted octanol–water partition coefficient (Wildman–Crippen LogP) is 3.52. The van der Waals surface area contributed by atoms with Gasteiger partial charge in [0.25, 0.3) is 0 Å². The maximum absolute atomic E-state index is 12.6. The van der Waals surface area contributed by atoms with E-state index in [4.69, 9.17) is 8.92 Å². The lowest BCUT2D eigenvalue weighted by Gasteiger charge is -2.26. The van der Waals surface area contributed by atoms with E-state index < -0.39 is 45.9 Å². The minimum absolute atomic E-state index is 0.00221. The molecule has 26 heavy (non-hydrogen) atoms. The number of rotatable bonds is 2. The van der Waals surface area contributed by atoms with Crippen molar-refractivity contribution in [3.8, 4) is 0 Å². The zero-order valence-corrected chi connectivity index (χ0v) is 15.5. The Morgan fingerprint density at radius 1 is 1.19 bits per heavy atom. The van der Waals surface area contributed by atoms with Crippen LogP contribution in [0, 0.1) is 0 Å². The van der Waals surface area contributed by atoms with Gasteiger partial charge in [0.1, 0.15) is 5.60 Å². The van der Waals surface area contributed by atoms with Crippen LogP contribution in [0.2, 0.25) is 0 Å². The summed E-state index contributed by atoms with van der Waals surface area (Å²) in [6.07, 6.45) is -6.42. The van der Waals surface area contributed by atoms with Crippen LogP contribution in [-0.4, -0.2) is 36.6 Å². The first-order chi connectivity index (χ1) is 11.7. The number of carbonyl (C=O) groups is 1. The molecule has 0 bridgehead atoms. The average molecular weight is 395 g/mol. The summed E-state index contributed by atoms with van der Waals surface area (Å²) >= 11 is 0. The van der Waals surface area contributed by atoms with Crippen LogP contribution < -0.4 is 0 Å². The number of ether oxygens (including phenoxy) is 1. The van der Waals surface area contributed by atoms with Gasteiger partial charge >= 0.3 is 22.6 Å². The third-order valence-electron chi connectivity index (χ3n) is 3.66. The summed E-state index contributed by atoms with van der Waals surface area (Å²) in [6, 6.07) is 3.37. The van der Waals surface area contributed by atoms with Gasteiger partial charge in [0, 0.05) is 0 Å². The fraction of sp³-hybridized carbons (Fsp3) is 0.562. The fourth-order valence-corrected chi connectivity index (χ4v) is 3.91. The molecule has 1 aromatic carbocycles. The Morgan fingerprint density at radius 2 is 1.73 bits per heavy atom. The molecular formula is C16H20F3NO5S. The number of carbonyl (C=O) groups excluding carboxylic acids is 1. The molecule has 0 aromatic heterocycles. The Bertz CT molecular complexity index is 769. The number of amides is 1. The summed E-state index contributed by atoms with van der Waals surface area (Å²) in [7, 11) is -4.33. The van der Waals surface area contributed by atoms with Gasteiger partial charge in [-0.1, -0.05) is 12.1 Å². The lowest BCUT2D eigenvalue weighted by Crippen LogP contribution is -2.44. The molecule has 0 unspecified atom stereocenters. The van der Waals surface area contributed by atoms with E-state index in [-0.39, 0.29) is 6.42 Å². The maximum atomic E-state index is 12.6. The molecule has 146 valence electrons. The molecule has 1 amide bonds. The van der Waals surface area contributed by atoms with Crippen molar-refractivity contribution in [1.29, 1.82) is 0 Å². The standard InChI is InChI=1S/C16H20F3NO5S/c1-10-13(9-11-5-7-12(8-6-11)16(17,18)19)20(26(22,23)25-10)14(21)24-15(2,3)4/h5-8,10,13H,9H2,1-4H3/t10-,13-/m0/s1. The van der Waals surface area contributed by atoms with Gasteiger partial charge in [0.15, 0.2) is 0 Å². The Morgan fingerprint density at radius 3 is 2.19 bits per heavy atom. The van der Waals surface area contributed by atoms with Crippen molar-refractivity contribution in [1.82, 2.24) is 4.31 Å². The van der Waals surface area contributed by atoms with Crippen molar-refractivity contribution in [3.63, 3.8) is 0 Å². The van der Waals surface area contributed by atoms with Gasteiger partial charge in [0.2, 0.25) is 0 Å². The summed E-state index contributed by atoms with van der Waals surface area (Å²) in [5.41, 5.74) is -1.30. The largest absolute Gasteiger partial charge is 0.443 e. The van der Waals surface area contributed by atoms with Crippen LogP contribution in [0.15, 0.2) is 24.3 Å². The Labute approximate surface area is 150 Å². The number of alkyl halides is 3. The van der Waals surface area contributed by atoms with Gasteiger partial charge in [-0.05, 0) is 51.8 Å². The lowest BCUT2D eigenvalue weighted by molar-refractivity contribution is -0.137. The molecule has 10 heteroatoms. The van der Waals surface area contributed by atoms with Crippen LogP contribution in [0.3, 0.4) is 0 Å². The van der Waals surface area contributed by atoms with E-state index in [0.717, 1.165) is 12.1 Å². The van der Waals surface area contributed by atoms with Gasteiger partial charge in [-0.15, -0.1) is 0 Å². The second-order valence-electron chi connectivity index (χ2n) is 7.00. The highest BCUT2D eigenvalue weighted by molar-refractivity contribution is 7.85. The van der Waals surface area contributed by atoms with E-state index in [0.29, 0.717) is 9.87 Å². The van der Waals surface area contributed by atoms with Gasteiger partial charge in [-0.25, -0.2) is 8.98 Å². The quantitative estimate of drug-likeness (QED) is 0.766. The van der Waals surface area contributed by atoms with Crippen molar-refractivity contribution in [2.75, 3.05) is 0 Å². The average Bonchev–Trinajstić information content (AvgIpc) is 2.65. The Balaban J connectivity index is 2.26. The normalized spacial score (nSPS) is 23.1. The highest BCUT2D eigenvalue weighted by Gasteiger charge is 2.49. The summed E-state index contributed by atoms with van der Waals surface area (Å²) in [4.78, 5) is 12.3. The van der Waals surface area contributed by atoms with Crippen molar-refractivity contribution in [3.05, 3.63) is 35.4 Å². The van der Waals surface area contributed by atoms with E-state index in [1.807, 2.05) is 0 Å². The number of nitrogens with zero attached hydrogens (tertiary/aromatic N) is 1. The first-order valence-electron chi connectivity index (χ1n) is 7.82. The minimum Gasteiger partial charge on any atom is -0.443 e. The highest BCUT2D eigenvalue weighted by atomic mass is 32.2. The first-order valence-corrected chi connectivity index (χ1v) is 9.19. The molecule has 0 spiro atoms. The van der Waals surface area contributed by atoms with Crippen molar-refractivity contribution < 1.29 is 35.3 Å². The number of halogens is 3. The molecular weight excluding hydrogens is 375 g/mol. The van der Waals surface area contributed by atoms with Gasteiger partial charge in [-0.2, -0.15) is 25.9 Å². The van der Waals surface area contributed by atoms with Crippen LogP contribution in [0.1, 0.15) is 38.8 Å². The molecule has 1 aromatic rings. The van der Waals surface area contributed by atoms with Crippen molar-refractivity contribution >= 4 is 16.4 Å². The molecule has 0 radical (unpaired) electrons. The molecule has 1 fully saturated rings. The molecule has 2 atom stereocenters. The maximum Gasteiger partial charge on any atom is 0.426 e. The molecule has 0 N–H and O–H groups in total. The van der Waals surface area contributed by atoms with Crippen LogP contribution in [0.4, 0.5) is 18.0 Å². The molecule has 1 heterocycles. The zero-order chi connectivity index (χ0) is 19.9.